The fraction of sp³-hybridized carbons (Fsp3) is 0.455. The normalized spacial score (nSPS) is 23.7. The van der Waals surface area contributed by atoms with Gasteiger partial charge < -0.3 is 15.2 Å². The quantitative estimate of drug-likeness (QED) is 0.918. The zero-order valence-electron chi connectivity index (χ0n) is 8.79. The Bertz CT molecular complexity index is 356. The molecule has 0 saturated heterocycles. The summed E-state index contributed by atoms with van der Waals surface area (Å²) in [5, 5.41) is 0. The zero-order valence-corrected chi connectivity index (χ0v) is 10.4. The van der Waals surface area contributed by atoms with E-state index in [1.807, 2.05) is 12.1 Å². The highest BCUT2D eigenvalue weighted by Crippen LogP contribution is 2.44. The first-order chi connectivity index (χ1) is 7.17. The molecule has 0 aromatic heterocycles. The molecule has 1 aliphatic carbocycles. The van der Waals surface area contributed by atoms with E-state index in [0.717, 1.165) is 22.4 Å². The van der Waals surface area contributed by atoms with Crippen molar-refractivity contribution < 1.29 is 9.47 Å². The molecule has 0 unspecified atom stereocenters. The van der Waals surface area contributed by atoms with Gasteiger partial charge in [-0.05, 0) is 40.0 Å². The van der Waals surface area contributed by atoms with Crippen molar-refractivity contribution in [2.45, 2.75) is 18.4 Å². The summed E-state index contributed by atoms with van der Waals surface area (Å²) in [6, 6.07) is 4.33. The minimum absolute atomic E-state index is 0.292. The first kappa shape index (κ1) is 10.8. The van der Waals surface area contributed by atoms with Gasteiger partial charge in [0.05, 0.1) is 14.2 Å². The second-order valence-corrected chi connectivity index (χ2v) is 4.54. The Hall–Kier alpha value is -0.740. The average Bonchev–Trinajstić information content (AvgIpc) is 2.96. The molecule has 0 radical (unpaired) electrons. The first-order valence-corrected chi connectivity index (χ1v) is 5.63. The molecule has 3 nitrogen and oxygen atoms in total. The van der Waals surface area contributed by atoms with E-state index in [1.54, 1.807) is 14.2 Å². The minimum Gasteiger partial charge on any atom is -0.495 e. The summed E-state index contributed by atoms with van der Waals surface area (Å²) < 4.78 is 11.4. The Kier molecular flexibility index (Phi) is 2.89. The summed E-state index contributed by atoms with van der Waals surface area (Å²) in [7, 11) is 3.30. The van der Waals surface area contributed by atoms with Gasteiger partial charge in [0.25, 0.3) is 0 Å². The Balaban J connectivity index is 2.40. The van der Waals surface area contributed by atoms with Gasteiger partial charge in [-0.15, -0.1) is 0 Å². The fourth-order valence-corrected chi connectivity index (χ4v) is 2.25. The molecular weight excluding hydrogens is 258 g/mol. The van der Waals surface area contributed by atoms with Gasteiger partial charge in [0.1, 0.15) is 16.0 Å². The van der Waals surface area contributed by atoms with Crippen molar-refractivity contribution in [2.75, 3.05) is 14.2 Å². The maximum absolute atomic E-state index is 5.83. The SMILES string of the molecule is COc1cc([C@@H]2C[C@H]2N)cc(OC)c1Br. The standard InChI is InChI=1S/C11H14BrNO2/c1-14-9-3-6(7-5-8(7)13)4-10(15-2)11(9)12/h3-4,7-8H,5,13H2,1-2H3/t7-,8+/m0/s1. The highest BCUT2D eigenvalue weighted by atomic mass is 79.9. The van der Waals surface area contributed by atoms with Gasteiger partial charge in [-0.3, -0.25) is 0 Å². The number of rotatable bonds is 3. The largest absolute Gasteiger partial charge is 0.495 e. The Labute approximate surface area is 97.7 Å². The van der Waals surface area contributed by atoms with E-state index in [0.29, 0.717) is 12.0 Å². The summed E-state index contributed by atoms with van der Waals surface area (Å²) in [6.07, 6.45) is 1.05. The number of ether oxygens (including phenoxy) is 2. The molecule has 1 aromatic rings. The van der Waals surface area contributed by atoms with Gasteiger partial charge in [-0.2, -0.15) is 0 Å². The monoisotopic (exact) mass is 271 g/mol. The maximum Gasteiger partial charge on any atom is 0.137 e. The molecule has 15 heavy (non-hydrogen) atoms. The van der Waals surface area contributed by atoms with Crippen LogP contribution < -0.4 is 15.2 Å². The average molecular weight is 272 g/mol. The highest BCUT2D eigenvalue weighted by molar-refractivity contribution is 9.10. The fourth-order valence-electron chi connectivity index (χ4n) is 1.70. The molecule has 1 saturated carbocycles. The molecule has 1 fully saturated rings. The molecule has 2 rings (SSSR count). The molecule has 0 spiro atoms. The molecule has 2 N–H and O–H groups in total. The van der Waals surface area contributed by atoms with E-state index in [2.05, 4.69) is 15.9 Å². The molecule has 4 heteroatoms. The molecule has 2 atom stereocenters. The predicted octanol–water partition coefficient (Wildman–Crippen LogP) is 2.28. The van der Waals surface area contributed by atoms with Crippen molar-refractivity contribution >= 4 is 15.9 Å². The summed E-state index contributed by atoms with van der Waals surface area (Å²) in [5.74, 6) is 2.05. The van der Waals surface area contributed by atoms with Crippen LogP contribution in [0, 0.1) is 0 Å². The number of halogens is 1. The lowest BCUT2D eigenvalue weighted by atomic mass is 10.1. The van der Waals surface area contributed by atoms with Crippen LogP contribution >= 0.6 is 15.9 Å². The topological polar surface area (TPSA) is 44.5 Å². The molecular formula is C11H14BrNO2. The van der Waals surface area contributed by atoms with Crippen molar-refractivity contribution in [1.29, 1.82) is 0 Å². The molecule has 1 aliphatic rings. The Morgan fingerprint density at radius 3 is 2.07 bits per heavy atom. The van der Waals surface area contributed by atoms with E-state index in [4.69, 9.17) is 15.2 Å². The molecule has 0 heterocycles. The lowest BCUT2D eigenvalue weighted by Crippen LogP contribution is -2.01. The second kappa shape index (κ2) is 4.02. The molecule has 1 aromatic carbocycles. The van der Waals surface area contributed by atoms with Gasteiger partial charge in [0, 0.05) is 12.0 Å². The van der Waals surface area contributed by atoms with E-state index in [-0.39, 0.29) is 0 Å². The van der Waals surface area contributed by atoms with Crippen LogP contribution in [0.25, 0.3) is 0 Å². The number of nitrogens with two attached hydrogens (primary N) is 1. The van der Waals surface area contributed by atoms with Crippen LogP contribution in [-0.2, 0) is 0 Å². The number of hydrogen-bond acceptors (Lipinski definition) is 3. The molecule has 0 amide bonds. The van der Waals surface area contributed by atoms with Gasteiger partial charge in [-0.1, -0.05) is 0 Å². The van der Waals surface area contributed by atoms with Crippen molar-refractivity contribution in [1.82, 2.24) is 0 Å². The molecule has 0 aliphatic heterocycles. The van der Waals surface area contributed by atoms with Crippen molar-refractivity contribution in [2.24, 2.45) is 5.73 Å². The van der Waals surface area contributed by atoms with Crippen molar-refractivity contribution in [3.8, 4) is 11.5 Å². The van der Waals surface area contributed by atoms with Crippen molar-refractivity contribution in [3.05, 3.63) is 22.2 Å². The van der Waals surface area contributed by atoms with Gasteiger partial charge in [0.2, 0.25) is 0 Å². The van der Waals surface area contributed by atoms with E-state index in [1.165, 1.54) is 5.56 Å². The van der Waals surface area contributed by atoms with Crippen LogP contribution in [0.4, 0.5) is 0 Å². The third-order valence-electron chi connectivity index (χ3n) is 2.74. The minimum atomic E-state index is 0.292. The lowest BCUT2D eigenvalue weighted by molar-refractivity contribution is 0.388. The van der Waals surface area contributed by atoms with Gasteiger partial charge in [-0.25, -0.2) is 0 Å². The van der Waals surface area contributed by atoms with Crippen molar-refractivity contribution in [3.63, 3.8) is 0 Å². The van der Waals surface area contributed by atoms with Crippen LogP contribution in [0.2, 0.25) is 0 Å². The van der Waals surface area contributed by atoms with Gasteiger partial charge in [0.15, 0.2) is 0 Å². The smallest absolute Gasteiger partial charge is 0.137 e. The van der Waals surface area contributed by atoms with Gasteiger partial charge >= 0.3 is 0 Å². The maximum atomic E-state index is 5.83. The van der Waals surface area contributed by atoms with E-state index < -0.39 is 0 Å². The number of benzene rings is 1. The zero-order chi connectivity index (χ0) is 11.0. The predicted molar refractivity (Wildman–Crippen MR) is 62.6 cm³/mol. The Morgan fingerprint density at radius 2 is 1.73 bits per heavy atom. The summed E-state index contributed by atoms with van der Waals surface area (Å²) in [5.41, 5.74) is 7.02. The van der Waals surface area contributed by atoms with Crippen LogP contribution in [-0.4, -0.2) is 20.3 Å². The lowest BCUT2D eigenvalue weighted by Gasteiger charge is -2.11. The summed E-state index contributed by atoms with van der Waals surface area (Å²) >= 11 is 3.44. The van der Waals surface area contributed by atoms with Crippen LogP contribution in [0.15, 0.2) is 16.6 Å². The first-order valence-electron chi connectivity index (χ1n) is 4.84. The van der Waals surface area contributed by atoms with E-state index >= 15 is 0 Å². The second-order valence-electron chi connectivity index (χ2n) is 3.75. The molecule has 82 valence electrons. The van der Waals surface area contributed by atoms with Crippen LogP contribution in [0.3, 0.4) is 0 Å². The highest BCUT2D eigenvalue weighted by Gasteiger charge is 2.35. The molecule has 0 bridgehead atoms. The third kappa shape index (κ3) is 1.96. The van der Waals surface area contributed by atoms with E-state index in [9.17, 15) is 0 Å². The third-order valence-corrected chi connectivity index (χ3v) is 3.52. The Morgan fingerprint density at radius 1 is 1.27 bits per heavy atom. The number of hydrogen-bond donors (Lipinski definition) is 1. The van der Waals surface area contributed by atoms with Crippen LogP contribution in [0.5, 0.6) is 11.5 Å². The summed E-state index contributed by atoms with van der Waals surface area (Å²) in [6.45, 7) is 0. The summed E-state index contributed by atoms with van der Waals surface area (Å²) in [4.78, 5) is 0. The van der Waals surface area contributed by atoms with Crippen LogP contribution in [0.1, 0.15) is 17.9 Å². The number of methoxy groups -OCH3 is 2.